The molecule has 0 aliphatic heterocycles. The van der Waals surface area contributed by atoms with Crippen molar-refractivity contribution in [3.63, 3.8) is 0 Å². The first-order chi connectivity index (χ1) is 14.4. The molecule has 0 saturated heterocycles. The van der Waals surface area contributed by atoms with Crippen LogP contribution in [0, 0.1) is 0 Å². The third kappa shape index (κ3) is 5.30. The average Bonchev–Trinajstić information content (AvgIpc) is 2.74. The molecule has 0 spiro atoms. The van der Waals surface area contributed by atoms with Crippen molar-refractivity contribution in [1.82, 2.24) is 5.09 Å². The van der Waals surface area contributed by atoms with Crippen molar-refractivity contribution in [1.29, 1.82) is 0 Å². The van der Waals surface area contributed by atoms with E-state index in [-0.39, 0.29) is 18.1 Å². The van der Waals surface area contributed by atoms with Crippen molar-refractivity contribution in [2.75, 3.05) is 6.61 Å². The number of hydrogen-bond acceptors (Lipinski definition) is 7. The molecule has 30 heavy (non-hydrogen) atoms. The number of esters is 1. The van der Waals surface area contributed by atoms with Gasteiger partial charge in [-0.15, -0.1) is 0 Å². The Morgan fingerprint density at radius 1 is 1.00 bits per heavy atom. The highest BCUT2D eigenvalue weighted by atomic mass is 31.2. The minimum atomic E-state index is -4.08. The van der Waals surface area contributed by atoms with Crippen molar-refractivity contribution in [3.05, 3.63) is 66.7 Å². The lowest BCUT2D eigenvalue weighted by Crippen LogP contribution is -2.35. The highest BCUT2D eigenvalue weighted by molar-refractivity contribution is 7.52. The average molecular weight is 431 g/mol. The predicted molar refractivity (Wildman–Crippen MR) is 112 cm³/mol. The first-order valence-corrected chi connectivity index (χ1v) is 10.8. The van der Waals surface area contributed by atoms with Crippen molar-refractivity contribution in [2.45, 2.75) is 19.9 Å². The van der Waals surface area contributed by atoms with Gasteiger partial charge >= 0.3 is 13.7 Å². The summed E-state index contributed by atoms with van der Waals surface area (Å²) in [7, 11) is -4.08. The summed E-state index contributed by atoms with van der Waals surface area (Å²) in [6.45, 7) is 3.37. The fourth-order valence-electron chi connectivity index (χ4n) is 2.73. The van der Waals surface area contributed by atoms with Gasteiger partial charge in [0.2, 0.25) is 0 Å². The Kier molecular flexibility index (Phi) is 6.95. The molecule has 2 atom stereocenters. The lowest BCUT2D eigenvalue weighted by Gasteiger charge is -2.23. The molecule has 3 aromatic rings. The zero-order valence-corrected chi connectivity index (χ0v) is 17.4. The summed E-state index contributed by atoms with van der Waals surface area (Å²) in [5.41, 5.74) is 0. The maximum Gasteiger partial charge on any atom is 0.513 e. The molecule has 0 amide bonds. The number of ether oxygens (including phenoxy) is 1. The van der Waals surface area contributed by atoms with Crippen molar-refractivity contribution < 1.29 is 33.3 Å². The van der Waals surface area contributed by atoms with E-state index in [4.69, 9.17) is 19.0 Å². The molecule has 0 unspecified atom stereocenters. The lowest BCUT2D eigenvalue weighted by atomic mass is 10.1. The number of hydrogen-bond donors (Lipinski definition) is 2. The van der Waals surface area contributed by atoms with Crippen LogP contribution in [0.2, 0.25) is 0 Å². The van der Waals surface area contributed by atoms with E-state index in [9.17, 15) is 9.36 Å². The summed E-state index contributed by atoms with van der Waals surface area (Å²) in [5.74, 6) is 0.102. The molecule has 9 heteroatoms. The molecule has 0 fully saturated rings. The Bertz CT molecular complexity index is 1050. The third-order valence-electron chi connectivity index (χ3n) is 4.11. The number of nitrogens with one attached hydrogen (secondary N) is 1. The minimum Gasteiger partial charge on any atom is -0.465 e. The molecule has 0 heterocycles. The Labute approximate surface area is 173 Å². The SMILES string of the molecule is CCOC(=O)[C@H](C)N[P@@](=O)(Oc1ccc(OO)cc1)Oc1cccc2ccccc12. The van der Waals surface area contributed by atoms with E-state index in [0.29, 0.717) is 5.75 Å². The van der Waals surface area contributed by atoms with Gasteiger partial charge in [-0.1, -0.05) is 36.4 Å². The van der Waals surface area contributed by atoms with Crippen LogP contribution in [0.4, 0.5) is 0 Å². The van der Waals surface area contributed by atoms with Crippen LogP contribution in [-0.4, -0.2) is 23.9 Å². The first kappa shape index (κ1) is 21.6. The van der Waals surface area contributed by atoms with Gasteiger partial charge in [0.25, 0.3) is 0 Å². The Balaban J connectivity index is 1.93. The van der Waals surface area contributed by atoms with Gasteiger partial charge in [-0.05, 0) is 49.6 Å². The largest absolute Gasteiger partial charge is 0.513 e. The van der Waals surface area contributed by atoms with Gasteiger partial charge in [0.05, 0.1) is 6.61 Å². The summed E-state index contributed by atoms with van der Waals surface area (Å²) in [4.78, 5) is 16.2. The molecule has 0 radical (unpaired) electrons. The molecule has 8 nitrogen and oxygen atoms in total. The Morgan fingerprint density at radius 2 is 1.67 bits per heavy atom. The van der Waals surface area contributed by atoms with Crippen molar-refractivity contribution >= 4 is 24.5 Å². The second-order valence-electron chi connectivity index (χ2n) is 6.32. The summed E-state index contributed by atoms with van der Waals surface area (Å²) in [6, 6.07) is 17.6. The summed E-state index contributed by atoms with van der Waals surface area (Å²) >= 11 is 0. The van der Waals surface area contributed by atoms with E-state index in [2.05, 4.69) is 9.97 Å². The van der Waals surface area contributed by atoms with Gasteiger partial charge in [0.1, 0.15) is 17.5 Å². The molecule has 0 aliphatic rings. The summed E-state index contributed by atoms with van der Waals surface area (Å²) < 4.78 is 30.0. The van der Waals surface area contributed by atoms with E-state index in [1.807, 2.05) is 30.3 Å². The van der Waals surface area contributed by atoms with Crippen LogP contribution in [0.5, 0.6) is 17.2 Å². The number of rotatable bonds is 9. The second-order valence-corrected chi connectivity index (χ2v) is 7.94. The molecule has 3 aromatic carbocycles. The molecule has 158 valence electrons. The zero-order chi connectivity index (χ0) is 21.6. The normalized spacial score (nSPS) is 13.8. The van der Waals surface area contributed by atoms with Gasteiger partial charge in [-0.2, -0.15) is 5.09 Å². The molecular formula is C21H22NO7P. The summed E-state index contributed by atoms with van der Waals surface area (Å²) in [6.07, 6.45) is 0. The topological polar surface area (TPSA) is 103 Å². The second kappa shape index (κ2) is 9.63. The van der Waals surface area contributed by atoms with Gasteiger partial charge < -0.3 is 18.7 Å². The number of carbonyl (C=O) groups excluding carboxylic acids is 1. The molecule has 0 saturated carbocycles. The number of benzene rings is 3. The first-order valence-electron chi connectivity index (χ1n) is 9.27. The molecule has 0 bridgehead atoms. The predicted octanol–water partition coefficient (Wildman–Crippen LogP) is 4.80. The minimum absolute atomic E-state index is 0.181. The zero-order valence-electron chi connectivity index (χ0n) is 16.5. The molecule has 0 aliphatic carbocycles. The van der Waals surface area contributed by atoms with Crippen LogP contribution >= 0.6 is 7.75 Å². The standard InChI is InChI=1S/C21H22NO7P/c1-3-26-21(23)15(2)22-30(25,28-18-13-11-17(27-24)12-14-18)29-20-10-6-8-16-7-4-5-9-19(16)20/h4-15,24H,3H2,1-2H3,(H,22,25)/t15-,30+/m0/s1. The van der Waals surface area contributed by atoms with E-state index < -0.39 is 19.8 Å². The Hall–Kier alpha value is -3.06. The maximum absolute atomic E-state index is 13.6. The fourth-order valence-corrected chi connectivity index (χ4v) is 4.27. The van der Waals surface area contributed by atoms with Crippen LogP contribution in [0.3, 0.4) is 0 Å². The molecule has 2 N–H and O–H groups in total. The van der Waals surface area contributed by atoms with E-state index in [1.165, 1.54) is 31.2 Å². The van der Waals surface area contributed by atoms with Crippen molar-refractivity contribution in [3.8, 4) is 17.2 Å². The monoisotopic (exact) mass is 431 g/mol. The van der Waals surface area contributed by atoms with Gasteiger partial charge in [0, 0.05) is 5.39 Å². The maximum atomic E-state index is 13.6. The third-order valence-corrected chi connectivity index (χ3v) is 5.71. The van der Waals surface area contributed by atoms with Crippen LogP contribution < -0.4 is 19.0 Å². The van der Waals surface area contributed by atoms with Crippen LogP contribution in [0.15, 0.2) is 66.7 Å². The van der Waals surface area contributed by atoms with Crippen LogP contribution in [0.1, 0.15) is 13.8 Å². The highest BCUT2D eigenvalue weighted by Gasteiger charge is 2.34. The van der Waals surface area contributed by atoms with Crippen LogP contribution in [0.25, 0.3) is 10.8 Å². The smallest absolute Gasteiger partial charge is 0.465 e. The van der Waals surface area contributed by atoms with Gasteiger partial charge in [-0.25, -0.2) is 9.82 Å². The van der Waals surface area contributed by atoms with E-state index in [0.717, 1.165) is 10.8 Å². The van der Waals surface area contributed by atoms with E-state index >= 15 is 0 Å². The lowest BCUT2D eigenvalue weighted by molar-refractivity contribution is -0.144. The number of fused-ring (bicyclic) bond motifs is 1. The van der Waals surface area contributed by atoms with E-state index in [1.54, 1.807) is 19.1 Å². The molecule has 0 aromatic heterocycles. The van der Waals surface area contributed by atoms with Gasteiger partial charge in [0.15, 0.2) is 5.75 Å². The van der Waals surface area contributed by atoms with Gasteiger partial charge in [-0.3, -0.25) is 4.79 Å². The number of carbonyl (C=O) groups is 1. The highest BCUT2D eigenvalue weighted by Crippen LogP contribution is 2.47. The summed E-state index contributed by atoms with van der Waals surface area (Å²) in [5, 5.41) is 13.0. The molecular weight excluding hydrogens is 409 g/mol. The van der Waals surface area contributed by atoms with Crippen molar-refractivity contribution in [2.24, 2.45) is 0 Å². The quantitative estimate of drug-likeness (QED) is 0.216. The fraction of sp³-hybridized carbons (Fsp3) is 0.190. The van der Waals surface area contributed by atoms with Crippen LogP contribution in [-0.2, 0) is 14.1 Å². The Morgan fingerprint density at radius 3 is 2.37 bits per heavy atom. The molecule has 3 rings (SSSR count).